The molecule has 1 aromatic heterocycles. The molecule has 2 aromatic carbocycles. The van der Waals surface area contributed by atoms with Gasteiger partial charge in [0.25, 0.3) is 0 Å². The van der Waals surface area contributed by atoms with Gasteiger partial charge in [-0.2, -0.15) is 13.2 Å². The molecular formula is C23H20F3N5O3. The van der Waals surface area contributed by atoms with Crippen LogP contribution in [0.4, 0.5) is 29.3 Å². The number of nitrogens with zero attached hydrogens (tertiary/aromatic N) is 2. The molecule has 176 valence electrons. The normalized spacial score (nSPS) is 14.1. The molecule has 3 N–H and O–H groups in total. The average Bonchev–Trinajstić information content (AvgIpc) is 3.59. The zero-order chi connectivity index (χ0) is 24.2. The number of para-hydroxylation sites is 1. The molecular weight excluding hydrogens is 451 g/mol. The fourth-order valence-electron chi connectivity index (χ4n) is 3.25. The van der Waals surface area contributed by atoms with E-state index >= 15 is 0 Å². The lowest BCUT2D eigenvalue weighted by Gasteiger charge is -2.17. The van der Waals surface area contributed by atoms with Crippen molar-refractivity contribution in [3.05, 3.63) is 78.4 Å². The first-order valence-electron chi connectivity index (χ1n) is 10.3. The number of hydrogen-bond donors (Lipinski definition) is 3. The van der Waals surface area contributed by atoms with Gasteiger partial charge in [0.1, 0.15) is 11.9 Å². The maximum Gasteiger partial charge on any atom is 0.418 e. The molecule has 1 heterocycles. The standard InChI is InChI=1S/C23H20F3N5O3/c24-23(25,26)18-3-1-2-4-19(18)30-16-7-5-15(6-8-16)11-29-20(32)22(9-10-22)31-21(33)34-17-12-27-14-28-13-17/h1-8,12-14,30H,9-11H2,(H,29,32)(H,31,33). The van der Waals surface area contributed by atoms with Gasteiger partial charge in [-0.25, -0.2) is 14.8 Å². The van der Waals surface area contributed by atoms with E-state index in [0.717, 1.165) is 11.6 Å². The van der Waals surface area contributed by atoms with E-state index in [4.69, 9.17) is 4.74 Å². The molecule has 1 saturated carbocycles. The summed E-state index contributed by atoms with van der Waals surface area (Å²) in [6, 6.07) is 11.8. The first-order valence-corrected chi connectivity index (χ1v) is 10.3. The van der Waals surface area contributed by atoms with Gasteiger partial charge >= 0.3 is 12.3 Å². The van der Waals surface area contributed by atoms with Crippen molar-refractivity contribution in [1.29, 1.82) is 0 Å². The van der Waals surface area contributed by atoms with Crippen molar-refractivity contribution in [1.82, 2.24) is 20.6 Å². The van der Waals surface area contributed by atoms with Gasteiger partial charge < -0.3 is 20.7 Å². The monoisotopic (exact) mass is 471 g/mol. The lowest BCUT2D eigenvalue weighted by atomic mass is 10.1. The van der Waals surface area contributed by atoms with Crippen LogP contribution in [0.1, 0.15) is 24.0 Å². The van der Waals surface area contributed by atoms with E-state index in [2.05, 4.69) is 25.9 Å². The van der Waals surface area contributed by atoms with Crippen LogP contribution in [0.25, 0.3) is 0 Å². The second-order valence-corrected chi connectivity index (χ2v) is 7.72. The van der Waals surface area contributed by atoms with Crippen LogP contribution in [0.15, 0.2) is 67.3 Å². The van der Waals surface area contributed by atoms with Crippen molar-refractivity contribution < 1.29 is 27.5 Å². The maximum atomic E-state index is 13.2. The molecule has 8 nitrogen and oxygen atoms in total. The van der Waals surface area contributed by atoms with Gasteiger partial charge in [-0.1, -0.05) is 24.3 Å². The van der Waals surface area contributed by atoms with Gasteiger partial charge in [-0.15, -0.1) is 0 Å². The summed E-state index contributed by atoms with van der Waals surface area (Å²) in [6.45, 7) is 0.184. The zero-order valence-corrected chi connectivity index (χ0v) is 17.7. The van der Waals surface area contributed by atoms with Gasteiger partial charge in [0.15, 0.2) is 5.75 Å². The zero-order valence-electron chi connectivity index (χ0n) is 17.7. The predicted molar refractivity (Wildman–Crippen MR) is 116 cm³/mol. The van der Waals surface area contributed by atoms with E-state index in [9.17, 15) is 22.8 Å². The highest BCUT2D eigenvalue weighted by atomic mass is 19.4. The van der Waals surface area contributed by atoms with E-state index in [-0.39, 0.29) is 23.9 Å². The number of alkyl halides is 3. The van der Waals surface area contributed by atoms with Crippen LogP contribution < -0.4 is 20.7 Å². The van der Waals surface area contributed by atoms with Gasteiger partial charge in [-0.3, -0.25) is 4.79 Å². The smallest absolute Gasteiger partial charge is 0.407 e. The number of halogens is 3. The second kappa shape index (κ2) is 9.38. The Morgan fingerprint density at radius 2 is 1.68 bits per heavy atom. The number of hydrogen-bond acceptors (Lipinski definition) is 6. The summed E-state index contributed by atoms with van der Waals surface area (Å²) in [5.74, 6) is -0.196. The van der Waals surface area contributed by atoms with E-state index in [1.54, 1.807) is 24.3 Å². The number of aromatic nitrogens is 2. The molecule has 4 rings (SSSR count). The highest BCUT2D eigenvalue weighted by Crippen LogP contribution is 2.37. The SMILES string of the molecule is O=C(NC1(C(=O)NCc2ccc(Nc3ccccc3C(F)(F)F)cc2)CC1)Oc1cncnc1. The van der Waals surface area contributed by atoms with Crippen molar-refractivity contribution in [3.8, 4) is 5.75 Å². The summed E-state index contributed by atoms with van der Waals surface area (Å²) >= 11 is 0. The minimum absolute atomic E-state index is 0.0493. The molecule has 1 aliphatic carbocycles. The van der Waals surface area contributed by atoms with Crippen LogP contribution in [-0.2, 0) is 17.5 Å². The van der Waals surface area contributed by atoms with Crippen LogP contribution in [0, 0.1) is 0 Å². The number of anilines is 2. The Kier molecular flexibility index (Phi) is 6.35. The third-order valence-corrected chi connectivity index (χ3v) is 5.19. The van der Waals surface area contributed by atoms with Gasteiger partial charge in [0.2, 0.25) is 5.91 Å². The Morgan fingerprint density at radius 3 is 2.32 bits per heavy atom. The molecule has 1 aliphatic rings. The molecule has 0 unspecified atom stereocenters. The first-order chi connectivity index (χ1) is 16.2. The molecule has 0 atom stereocenters. The van der Waals surface area contributed by atoms with E-state index in [0.29, 0.717) is 18.5 Å². The Balaban J connectivity index is 1.30. The number of amides is 2. The lowest BCUT2D eigenvalue weighted by molar-refractivity contribution is -0.137. The van der Waals surface area contributed by atoms with Crippen molar-refractivity contribution in [2.24, 2.45) is 0 Å². The van der Waals surface area contributed by atoms with Crippen LogP contribution >= 0.6 is 0 Å². The molecule has 0 radical (unpaired) electrons. The maximum absolute atomic E-state index is 13.2. The topological polar surface area (TPSA) is 105 Å². The van der Waals surface area contributed by atoms with Crippen LogP contribution in [0.3, 0.4) is 0 Å². The number of rotatable bonds is 7. The molecule has 3 aromatic rings. The number of benzene rings is 2. The van der Waals surface area contributed by atoms with Crippen LogP contribution in [-0.4, -0.2) is 27.5 Å². The summed E-state index contributed by atoms with van der Waals surface area (Å²) in [4.78, 5) is 32.2. The number of carbonyl (C=O) groups is 2. The fraction of sp³-hybridized carbons (Fsp3) is 0.217. The molecule has 0 bridgehead atoms. The minimum Gasteiger partial charge on any atom is -0.407 e. The van der Waals surface area contributed by atoms with E-state index in [1.165, 1.54) is 36.9 Å². The second-order valence-electron chi connectivity index (χ2n) is 7.72. The Labute approximate surface area is 192 Å². The average molecular weight is 471 g/mol. The number of nitrogens with one attached hydrogen (secondary N) is 3. The van der Waals surface area contributed by atoms with Gasteiger partial charge in [0, 0.05) is 12.2 Å². The summed E-state index contributed by atoms with van der Waals surface area (Å²) in [7, 11) is 0. The fourth-order valence-corrected chi connectivity index (χ4v) is 3.25. The van der Waals surface area contributed by atoms with Crippen molar-refractivity contribution in [3.63, 3.8) is 0 Å². The molecule has 0 aliphatic heterocycles. The molecule has 0 saturated heterocycles. The highest BCUT2D eigenvalue weighted by Gasteiger charge is 2.51. The van der Waals surface area contributed by atoms with Crippen LogP contribution in [0.5, 0.6) is 5.75 Å². The Morgan fingerprint density at radius 1 is 1.00 bits per heavy atom. The summed E-state index contributed by atoms with van der Waals surface area (Å²) in [5.41, 5.74) is -0.628. The van der Waals surface area contributed by atoms with Gasteiger partial charge in [0.05, 0.1) is 23.6 Å². The molecule has 11 heteroatoms. The number of ether oxygens (including phenoxy) is 1. The largest absolute Gasteiger partial charge is 0.418 e. The van der Waals surface area contributed by atoms with E-state index < -0.39 is 23.4 Å². The van der Waals surface area contributed by atoms with Gasteiger partial charge in [-0.05, 0) is 42.7 Å². The summed E-state index contributed by atoms with van der Waals surface area (Å²) < 4.78 is 44.5. The molecule has 1 fully saturated rings. The van der Waals surface area contributed by atoms with E-state index in [1.807, 2.05) is 0 Å². The number of carbonyl (C=O) groups excluding carboxylic acids is 2. The van der Waals surface area contributed by atoms with Crippen molar-refractivity contribution in [2.75, 3.05) is 5.32 Å². The third kappa shape index (κ3) is 5.61. The van der Waals surface area contributed by atoms with Crippen molar-refractivity contribution >= 4 is 23.4 Å². The minimum atomic E-state index is -4.47. The molecule has 34 heavy (non-hydrogen) atoms. The molecule has 0 spiro atoms. The highest BCUT2D eigenvalue weighted by molar-refractivity contribution is 5.93. The third-order valence-electron chi connectivity index (χ3n) is 5.19. The quantitative estimate of drug-likeness (QED) is 0.478. The van der Waals surface area contributed by atoms with Crippen molar-refractivity contribution in [2.45, 2.75) is 31.1 Å². The summed E-state index contributed by atoms with van der Waals surface area (Å²) in [6.07, 6.45) is -0.357. The summed E-state index contributed by atoms with van der Waals surface area (Å²) in [5, 5.41) is 8.11. The first kappa shape index (κ1) is 23.0. The lowest BCUT2D eigenvalue weighted by Crippen LogP contribution is -2.49. The Hall–Kier alpha value is -4.15. The molecule has 2 amide bonds. The predicted octanol–water partition coefficient (Wildman–Crippen LogP) is 4.18. The van der Waals surface area contributed by atoms with Crippen LogP contribution in [0.2, 0.25) is 0 Å². The Bertz CT molecular complexity index is 1170.